The molecular weight excluding hydrogens is 365 g/mol. The van der Waals surface area contributed by atoms with Gasteiger partial charge in [0.15, 0.2) is 0 Å². The summed E-state index contributed by atoms with van der Waals surface area (Å²) in [7, 11) is 0. The van der Waals surface area contributed by atoms with Crippen LogP contribution in [-0.2, 0) is 12.8 Å². The van der Waals surface area contributed by atoms with Gasteiger partial charge in [-0.15, -0.1) is 11.3 Å². The molecule has 0 radical (unpaired) electrons. The maximum Gasteiger partial charge on any atom is 0.416 e. The topological polar surface area (TPSA) is 54.7 Å². The van der Waals surface area contributed by atoms with Gasteiger partial charge in [0.05, 0.1) is 17.5 Å². The molecule has 2 aromatic carbocycles. The SMILES string of the molecule is O/N=C/c1ccc(OCc2csc(-c3ccc(C(F)(F)F)cc3)n2)cc1. The van der Waals surface area contributed by atoms with Gasteiger partial charge >= 0.3 is 6.18 Å². The second-order valence-electron chi connectivity index (χ2n) is 5.32. The van der Waals surface area contributed by atoms with Crippen LogP contribution in [0.3, 0.4) is 0 Å². The molecule has 0 atom stereocenters. The summed E-state index contributed by atoms with van der Waals surface area (Å²) < 4.78 is 43.4. The summed E-state index contributed by atoms with van der Waals surface area (Å²) in [6.07, 6.45) is -3.04. The molecule has 134 valence electrons. The fourth-order valence-corrected chi connectivity index (χ4v) is 2.99. The Bertz CT molecular complexity index is 888. The number of hydrogen-bond donors (Lipinski definition) is 1. The second kappa shape index (κ2) is 7.57. The first kappa shape index (κ1) is 17.9. The molecule has 3 rings (SSSR count). The van der Waals surface area contributed by atoms with Gasteiger partial charge in [0.1, 0.15) is 17.4 Å². The van der Waals surface area contributed by atoms with Crippen LogP contribution in [-0.4, -0.2) is 16.4 Å². The Balaban J connectivity index is 1.64. The quantitative estimate of drug-likeness (QED) is 0.376. The van der Waals surface area contributed by atoms with Crippen molar-refractivity contribution in [1.82, 2.24) is 4.98 Å². The van der Waals surface area contributed by atoms with Crippen LogP contribution in [0.5, 0.6) is 5.75 Å². The molecule has 1 aromatic heterocycles. The minimum absolute atomic E-state index is 0.241. The third-order valence-corrected chi connectivity index (χ3v) is 4.42. The Kier molecular flexibility index (Phi) is 5.22. The Morgan fingerprint density at radius 1 is 1.08 bits per heavy atom. The molecule has 8 heteroatoms. The van der Waals surface area contributed by atoms with Gasteiger partial charge in [-0.3, -0.25) is 0 Å². The maximum atomic E-state index is 12.6. The van der Waals surface area contributed by atoms with Crippen LogP contribution in [0.1, 0.15) is 16.8 Å². The summed E-state index contributed by atoms with van der Waals surface area (Å²) in [6.45, 7) is 0.241. The van der Waals surface area contributed by atoms with Crippen molar-refractivity contribution >= 4 is 17.6 Å². The van der Waals surface area contributed by atoms with Gasteiger partial charge in [0.2, 0.25) is 0 Å². The normalized spacial score (nSPS) is 11.8. The zero-order chi connectivity index (χ0) is 18.6. The van der Waals surface area contributed by atoms with Gasteiger partial charge in [0.25, 0.3) is 0 Å². The van der Waals surface area contributed by atoms with E-state index in [1.165, 1.54) is 29.7 Å². The van der Waals surface area contributed by atoms with E-state index in [0.717, 1.165) is 17.7 Å². The highest BCUT2D eigenvalue weighted by Crippen LogP contribution is 2.31. The number of aromatic nitrogens is 1. The lowest BCUT2D eigenvalue weighted by molar-refractivity contribution is -0.137. The van der Waals surface area contributed by atoms with Crippen LogP contribution in [0.25, 0.3) is 10.6 Å². The Morgan fingerprint density at radius 3 is 2.38 bits per heavy atom. The molecular formula is C18H13F3N2O2S. The van der Waals surface area contributed by atoms with E-state index < -0.39 is 11.7 Å². The molecule has 0 aliphatic heterocycles. The van der Waals surface area contributed by atoms with Crippen molar-refractivity contribution in [2.24, 2.45) is 5.16 Å². The first-order valence-electron chi connectivity index (χ1n) is 7.48. The first-order chi connectivity index (χ1) is 12.5. The summed E-state index contributed by atoms with van der Waals surface area (Å²) >= 11 is 1.34. The van der Waals surface area contributed by atoms with Crippen molar-refractivity contribution in [1.29, 1.82) is 0 Å². The molecule has 0 saturated carbocycles. The van der Waals surface area contributed by atoms with E-state index >= 15 is 0 Å². The van der Waals surface area contributed by atoms with Crippen molar-refractivity contribution in [2.75, 3.05) is 0 Å². The van der Waals surface area contributed by atoms with E-state index in [0.29, 0.717) is 22.0 Å². The molecule has 0 saturated heterocycles. The lowest BCUT2D eigenvalue weighted by Crippen LogP contribution is -2.03. The highest BCUT2D eigenvalue weighted by atomic mass is 32.1. The number of oxime groups is 1. The average Bonchev–Trinajstić information content (AvgIpc) is 3.10. The van der Waals surface area contributed by atoms with E-state index in [9.17, 15) is 13.2 Å². The third kappa shape index (κ3) is 4.40. The maximum absolute atomic E-state index is 12.6. The number of thiazole rings is 1. The molecule has 1 heterocycles. The van der Waals surface area contributed by atoms with Gasteiger partial charge in [0, 0.05) is 10.9 Å². The van der Waals surface area contributed by atoms with Gasteiger partial charge in [-0.25, -0.2) is 4.98 Å². The monoisotopic (exact) mass is 378 g/mol. The summed E-state index contributed by atoms with van der Waals surface area (Å²) in [5.74, 6) is 0.629. The summed E-state index contributed by atoms with van der Waals surface area (Å²) in [6, 6.07) is 11.9. The van der Waals surface area contributed by atoms with Crippen LogP contribution in [0, 0.1) is 0 Å². The summed E-state index contributed by atoms with van der Waals surface area (Å²) in [5.41, 5.74) is 1.36. The highest BCUT2D eigenvalue weighted by Gasteiger charge is 2.30. The van der Waals surface area contributed by atoms with Gasteiger partial charge < -0.3 is 9.94 Å². The molecule has 0 amide bonds. The number of rotatable bonds is 5. The lowest BCUT2D eigenvalue weighted by atomic mass is 10.1. The molecule has 26 heavy (non-hydrogen) atoms. The first-order valence-corrected chi connectivity index (χ1v) is 8.36. The number of halogens is 3. The predicted molar refractivity (Wildman–Crippen MR) is 92.7 cm³/mol. The van der Waals surface area contributed by atoms with E-state index in [2.05, 4.69) is 10.1 Å². The van der Waals surface area contributed by atoms with Gasteiger partial charge in [-0.05, 0) is 42.0 Å². The van der Waals surface area contributed by atoms with Crippen molar-refractivity contribution in [3.63, 3.8) is 0 Å². The van der Waals surface area contributed by atoms with E-state index in [-0.39, 0.29) is 6.61 Å². The standard InChI is InChI=1S/C18H13F3N2O2S/c19-18(20,21)14-5-3-13(4-6-14)17-23-15(11-26-17)10-25-16-7-1-12(2-8-16)9-22-24/h1-9,11,24H,10H2/b22-9+. The number of hydrogen-bond acceptors (Lipinski definition) is 5. The molecule has 0 spiro atoms. The minimum atomic E-state index is -4.35. The zero-order valence-electron chi connectivity index (χ0n) is 13.3. The molecule has 0 fully saturated rings. The van der Waals surface area contributed by atoms with Crippen molar-refractivity contribution in [2.45, 2.75) is 12.8 Å². The van der Waals surface area contributed by atoms with Crippen molar-refractivity contribution in [3.05, 3.63) is 70.7 Å². The molecule has 1 N–H and O–H groups in total. The smallest absolute Gasteiger partial charge is 0.416 e. The van der Waals surface area contributed by atoms with Gasteiger partial charge in [-0.2, -0.15) is 13.2 Å². The predicted octanol–water partition coefficient (Wildman–Crippen LogP) is 5.22. The average molecular weight is 378 g/mol. The van der Waals surface area contributed by atoms with Crippen LogP contribution >= 0.6 is 11.3 Å². The summed E-state index contributed by atoms with van der Waals surface area (Å²) in [5, 5.41) is 13.8. The second-order valence-corrected chi connectivity index (χ2v) is 6.18. The van der Waals surface area contributed by atoms with E-state index in [4.69, 9.17) is 9.94 Å². The van der Waals surface area contributed by atoms with Crippen LogP contribution in [0.4, 0.5) is 13.2 Å². The molecule has 4 nitrogen and oxygen atoms in total. The largest absolute Gasteiger partial charge is 0.487 e. The molecule has 0 unspecified atom stereocenters. The Labute approximate surface area is 151 Å². The fourth-order valence-electron chi connectivity index (χ4n) is 2.18. The fraction of sp³-hybridized carbons (Fsp3) is 0.111. The highest BCUT2D eigenvalue weighted by molar-refractivity contribution is 7.13. The molecule has 0 aliphatic rings. The minimum Gasteiger partial charge on any atom is -0.487 e. The zero-order valence-corrected chi connectivity index (χ0v) is 14.1. The number of alkyl halides is 3. The third-order valence-electron chi connectivity index (χ3n) is 3.48. The number of ether oxygens (including phenoxy) is 1. The van der Waals surface area contributed by atoms with Crippen molar-refractivity contribution < 1.29 is 23.1 Å². The molecule has 3 aromatic rings. The number of nitrogens with zero attached hydrogens (tertiary/aromatic N) is 2. The van der Waals surface area contributed by atoms with Crippen molar-refractivity contribution in [3.8, 4) is 16.3 Å². The van der Waals surface area contributed by atoms with E-state index in [1.54, 1.807) is 29.6 Å². The lowest BCUT2D eigenvalue weighted by Gasteiger charge is -2.06. The van der Waals surface area contributed by atoms with Gasteiger partial charge in [-0.1, -0.05) is 17.3 Å². The molecule has 0 aliphatic carbocycles. The van der Waals surface area contributed by atoms with Crippen LogP contribution in [0.15, 0.2) is 59.1 Å². The van der Waals surface area contributed by atoms with E-state index in [1.807, 2.05) is 0 Å². The Morgan fingerprint density at radius 2 is 1.77 bits per heavy atom. The van der Waals surface area contributed by atoms with Crippen LogP contribution < -0.4 is 4.74 Å². The number of benzene rings is 2. The Hall–Kier alpha value is -2.87. The molecule has 0 bridgehead atoms. The summed E-state index contributed by atoms with van der Waals surface area (Å²) in [4.78, 5) is 4.39. The van der Waals surface area contributed by atoms with Crippen LogP contribution in [0.2, 0.25) is 0 Å².